The van der Waals surface area contributed by atoms with Gasteiger partial charge >= 0.3 is 0 Å². The minimum absolute atomic E-state index is 0.126. The molecule has 6 heteroatoms. The maximum Gasteiger partial charge on any atom is 0.242 e. The van der Waals surface area contributed by atoms with Crippen LogP contribution in [0.3, 0.4) is 0 Å². The van der Waals surface area contributed by atoms with E-state index in [1.54, 1.807) is 18.5 Å². The Kier molecular flexibility index (Phi) is 3.34. The normalized spacial score (nSPS) is 10.1. The molecule has 88 valence electrons. The number of carbonyl (C=O) groups is 1. The number of amides is 1. The second-order valence-corrected chi connectivity index (χ2v) is 3.54. The number of hydrogen-bond acceptors (Lipinski definition) is 4. The van der Waals surface area contributed by atoms with Gasteiger partial charge in [0, 0.05) is 12.4 Å². The third-order valence-corrected chi connectivity index (χ3v) is 2.16. The molecule has 0 aliphatic rings. The van der Waals surface area contributed by atoms with Crippen molar-refractivity contribution in [3.05, 3.63) is 42.4 Å². The molecule has 0 aromatic carbocycles. The van der Waals surface area contributed by atoms with Crippen LogP contribution in [0, 0.1) is 0 Å². The minimum Gasteiger partial charge on any atom is -0.382 e. The lowest BCUT2D eigenvalue weighted by Gasteiger charge is -2.04. The van der Waals surface area contributed by atoms with E-state index in [-0.39, 0.29) is 12.5 Å². The lowest BCUT2D eigenvalue weighted by molar-refractivity contribution is -0.122. The molecule has 17 heavy (non-hydrogen) atoms. The Hall–Kier alpha value is -2.37. The molecular formula is C11H13N5O. The van der Waals surface area contributed by atoms with Gasteiger partial charge < -0.3 is 11.1 Å². The van der Waals surface area contributed by atoms with Gasteiger partial charge in [-0.1, -0.05) is 6.07 Å². The Morgan fingerprint density at radius 3 is 2.94 bits per heavy atom. The molecule has 0 radical (unpaired) electrons. The topological polar surface area (TPSA) is 85.8 Å². The number of carbonyl (C=O) groups excluding carboxylic acids is 1. The zero-order valence-electron chi connectivity index (χ0n) is 9.21. The highest BCUT2D eigenvalue weighted by atomic mass is 16.2. The number of nitrogens with zero attached hydrogens (tertiary/aromatic N) is 3. The van der Waals surface area contributed by atoms with Gasteiger partial charge in [0.2, 0.25) is 5.91 Å². The van der Waals surface area contributed by atoms with Crippen molar-refractivity contribution in [3.8, 4) is 0 Å². The fourth-order valence-electron chi connectivity index (χ4n) is 1.36. The van der Waals surface area contributed by atoms with E-state index in [4.69, 9.17) is 5.73 Å². The summed E-state index contributed by atoms with van der Waals surface area (Å²) in [5.74, 6) is 0.279. The number of nitrogens with one attached hydrogen (secondary N) is 1. The van der Waals surface area contributed by atoms with E-state index in [1.807, 2.05) is 18.2 Å². The number of nitrogen functional groups attached to an aromatic ring is 1. The Morgan fingerprint density at radius 2 is 2.29 bits per heavy atom. The summed E-state index contributed by atoms with van der Waals surface area (Å²) >= 11 is 0. The summed E-state index contributed by atoms with van der Waals surface area (Å²) in [5.41, 5.74) is 6.27. The van der Waals surface area contributed by atoms with E-state index >= 15 is 0 Å². The van der Waals surface area contributed by atoms with Crippen molar-refractivity contribution in [1.29, 1.82) is 0 Å². The van der Waals surface area contributed by atoms with Crippen LogP contribution in [0.4, 0.5) is 5.82 Å². The zero-order chi connectivity index (χ0) is 12.1. The molecule has 0 bridgehead atoms. The average molecular weight is 231 g/mol. The number of rotatable bonds is 4. The molecule has 0 spiro atoms. The Bertz CT molecular complexity index is 494. The Morgan fingerprint density at radius 1 is 1.41 bits per heavy atom. The fourth-order valence-corrected chi connectivity index (χ4v) is 1.36. The van der Waals surface area contributed by atoms with Crippen molar-refractivity contribution >= 4 is 11.7 Å². The van der Waals surface area contributed by atoms with E-state index in [2.05, 4.69) is 15.4 Å². The SMILES string of the molecule is Nc1ccn(CC(=O)NCc2ccccn2)n1. The lowest BCUT2D eigenvalue weighted by Crippen LogP contribution is -2.27. The van der Waals surface area contributed by atoms with Crippen molar-refractivity contribution < 1.29 is 4.79 Å². The molecule has 2 aromatic heterocycles. The van der Waals surface area contributed by atoms with Crippen LogP contribution in [0.5, 0.6) is 0 Å². The molecule has 3 N–H and O–H groups in total. The summed E-state index contributed by atoms with van der Waals surface area (Å²) < 4.78 is 1.49. The highest BCUT2D eigenvalue weighted by Crippen LogP contribution is 1.96. The summed E-state index contributed by atoms with van der Waals surface area (Å²) in [6.45, 7) is 0.570. The quantitative estimate of drug-likeness (QED) is 0.785. The number of aromatic nitrogens is 3. The molecule has 2 heterocycles. The van der Waals surface area contributed by atoms with Crippen molar-refractivity contribution in [2.24, 2.45) is 0 Å². The van der Waals surface area contributed by atoms with E-state index < -0.39 is 0 Å². The van der Waals surface area contributed by atoms with Crippen LogP contribution < -0.4 is 11.1 Å². The molecule has 0 saturated heterocycles. The first-order valence-electron chi connectivity index (χ1n) is 5.19. The molecule has 2 aromatic rings. The van der Waals surface area contributed by atoms with Gasteiger partial charge in [-0.2, -0.15) is 5.10 Å². The number of hydrogen-bond donors (Lipinski definition) is 2. The van der Waals surface area contributed by atoms with E-state index in [0.29, 0.717) is 12.4 Å². The molecule has 0 atom stereocenters. The molecular weight excluding hydrogens is 218 g/mol. The second kappa shape index (κ2) is 5.11. The van der Waals surface area contributed by atoms with Crippen molar-refractivity contribution in [1.82, 2.24) is 20.1 Å². The molecule has 2 rings (SSSR count). The summed E-state index contributed by atoms with van der Waals surface area (Å²) in [5, 5.41) is 6.68. The molecule has 0 saturated carbocycles. The van der Waals surface area contributed by atoms with Crippen molar-refractivity contribution in [2.75, 3.05) is 5.73 Å². The van der Waals surface area contributed by atoms with Crippen molar-refractivity contribution in [2.45, 2.75) is 13.1 Å². The van der Waals surface area contributed by atoms with E-state index in [1.165, 1.54) is 4.68 Å². The Balaban J connectivity index is 1.82. The first kappa shape index (κ1) is 11.1. The van der Waals surface area contributed by atoms with Gasteiger partial charge in [0.15, 0.2) is 0 Å². The van der Waals surface area contributed by atoms with E-state index in [9.17, 15) is 4.79 Å². The third kappa shape index (κ3) is 3.30. The van der Waals surface area contributed by atoms with Crippen LogP contribution in [0.2, 0.25) is 0 Å². The maximum atomic E-state index is 11.6. The zero-order valence-corrected chi connectivity index (χ0v) is 9.21. The minimum atomic E-state index is -0.126. The smallest absolute Gasteiger partial charge is 0.242 e. The molecule has 1 amide bonds. The average Bonchev–Trinajstić information content (AvgIpc) is 2.73. The van der Waals surface area contributed by atoms with E-state index in [0.717, 1.165) is 5.69 Å². The van der Waals surface area contributed by atoms with Crippen LogP contribution in [0.1, 0.15) is 5.69 Å². The molecule has 6 nitrogen and oxygen atoms in total. The van der Waals surface area contributed by atoms with Gasteiger partial charge in [-0.15, -0.1) is 0 Å². The molecule has 0 aliphatic heterocycles. The van der Waals surface area contributed by atoms with Gasteiger partial charge in [0.25, 0.3) is 0 Å². The predicted molar refractivity (Wildman–Crippen MR) is 62.7 cm³/mol. The number of nitrogens with two attached hydrogens (primary N) is 1. The third-order valence-electron chi connectivity index (χ3n) is 2.16. The van der Waals surface area contributed by atoms with Crippen LogP contribution in [-0.4, -0.2) is 20.7 Å². The number of anilines is 1. The van der Waals surface area contributed by atoms with Crippen molar-refractivity contribution in [3.63, 3.8) is 0 Å². The molecule has 0 unspecified atom stereocenters. The Labute approximate surface area is 98.5 Å². The van der Waals surface area contributed by atoms with Crippen LogP contribution in [-0.2, 0) is 17.9 Å². The standard InChI is InChI=1S/C11H13N5O/c12-10-4-6-16(15-10)8-11(17)14-7-9-3-1-2-5-13-9/h1-6H,7-8H2,(H2,12,15)(H,14,17). The summed E-state index contributed by atoms with van der Waals surface area (Å²) in [7, 11) is 0. The first-order chi connectivity index (χ1) is 8.24. The summed E-state index contributed by atoms with van der Waals surface area (Å²) in [6, 6.07) is 7.21. The van der Waals surface area contributed by atoms with Crippen LogP contribution >= 0.6 is 0 Å². The summed E-state index contributed by atoms with van der Waals surface area (Å²) in [6.07, 6.45) is 3.35. The van der Waals surface area contributed by atoms with Crippen LogP contribution in [0.15, 0.2) is 36.7 Å². The highest BCUT2D eigenvalue weighted by Gasteiger charge is 2.03. The van der Waals surface area contributed by atoms with Gasteiger partial charge in [0.1, 0.15) is 12.4 Å². The van der Waals surface area contributed by atoms with Gasteiger partial charge in [-0.3, -0.25) is 14.5 Å². The monoisotopic (exact) mass is 231 g/mol. The van der Waals surface area contributed by atoms with Crippen LogP contribution in [0.25, 0.3) is 0 Å². The van der Waals surface area contributed by atoms with Gasteiger partial charge in [-0.05, 0) is 18.2 Å². The lowest BCUT2D eigenvalue weighted by atomic mass is 10.3. The first-order valence-corrected chi connectivity index (χ1v) is 5.19. The largest absolute Gasteiger partial charge is 0.382 e. The van der Waals surface area contributed by atoms with Gasteiger partial charge in [-0.25, -0.2) is 0 Å². The van der Waals surface area contributed by atoms with Gasteiger partial charge in [0.05, 0.1) is 12.2 Å². The molecule has 0 aliphatic carbocycles. The fraction of sp³-hybridized carbons (Fsp3) is 0.182. The predicted octanol–water partition coefficient (Wildman–Crippen LogP) is 0.177. The maximum absolute atomic E-state index is 11.6. The summed E-state index contributed by atoms with van der Waals surface area (Å²) in [4.78, 5) is 15.7. The highest BCUT2D eigenvalue weighted by molar-refractivity contribution is 5.75. The molecule has 0 fully saturated rings. The second-order valence-electron chi connectivity index (χ2n) is 3.54. The number of pyridine rings is 1.